The van der Waals surface area contributed by atoms with Gasteiger partial charge >= 0.3 is 0 Å². The van der Waals surface area contributed by atoms with Gasteiger partial charge in [-0.3, -0.25) is 0 Å². The second-order valence-electron chi connectivity index (χ2n) is 2.39. The van der Waals surface area contributed by atoms with Crippen molar-refractivity contribution in [3.05, 3.63) is 72.2 Å². The van der Waals surface area contributed by atoms with Crippen LogP contribution in [0.1, 0.15) is 35.1 Å². The van der Waals surface area contributed by atoms with Crippen molar-refractivity contribution in [3.8, 4) is 0 Å². The van der Waals surface area contributed by atoms with Gasteiger partial charge in [-0.1, -0.05) is 77.6 Å². The van der Waals surface area contributed by atoms with Crippen LogP contribution < -0.4 is 4.73 Å². The molecule has 0 radical (unpaired) electrons. The first-order valence-corrected chi connectivity index (χ1v) is 6.03. The van der Waals surface area contributed by atoms with E-state index < -0.39 is 0 Å². The maximum Gasteiger partial charge on any atom is 0.180 e. The van der Waals surface area contributed by atoms with E-state index in [2.05, 4.69) is 0 Å². The summed E-state index contributed by atoms with van der Waals surface area (Å²) in [4.78, 5) is 0. The second-order valence-corrected chi connectivity index (χ2v) is 2.39. The number of nitrogens with zero attached hydrogens (tertiary/aromatic N) is 1. The lowest BCUT2D eigenvalue weighted by Crippen LogP contribution is -2.22. The van der Waals surface area contributed by atoms with Crippen LogP contribution in [0.5, 0.6) is 0 Å². The molecule has 1 aromatic carbocycles. The topological polar surface area (TPSA) is 26.9 Å². The van der Waals surface area contributed by atoms with Gasteiger partial charge in [0.25, 0.3) is 0 Å². The zero-order chi connectivity index (χ0) is 13.4. The summed E-state index contributed by atoms with van der Waals surface area (Å²) in [5, 5.41) is 10.2. The predicted molar refractivity (Wildman–Crippen MR) is 81.3 cm³/mol. The van der Waals surface area contributed by atoms with Gasteiger partial charge in [0.1, 0.15) is 0 Å². The van der Waals surface area contributed by atoms with Crippen LogP contribution >= 0.6 is 0 Å². The zero-order valence-corrected chi connectivity index (χ0v) is 11.2. The Balaban J connectivity index is -0.000000189. The van der Waals surface area contributed by atoms with Crippen molar-refractivity contribution < 1.29 is 4.73 Å². The highest BCUT2D eigenvalue weighted by Gasteiger charge is 1.75. The van der Waals surface area contributed by atoms with Gasteiger partial charge in [0.2, 0.25) is 0 Å². The summed E-state index contributed by atoms with van der Waals surface area (Å²) in [5.41, 5.74) is 0. The summed E-state index contributed by atoms with van der Waals surface area (Å²) in [6, 6.07) is 17.2. The van der Waals surface area contributed by atoms with E-state index in [0.717, 1.165) is 4.73 Å². The molecule has 1 heterocycles. The minimum atomic E-state index is 0. The average molecular weight is 249 g/mol. The fourth-order valence-corrected chi connectivity index (χ4v) is 0.768. The summed E-state index contributed by atoms with van der Waals surface area (Å²) >= 11 is 0. The van der Waals surface area contributed by atoms with E-state index in [1.54, 1.807) is 18.2 Å². The Morgan fingerprint density at radius 3 is 0.944 bits per heavy atom. The van der Waals surface area contributed by atoms with Gasteiger partial charge in [-0.25, -0.2) is 0 Å². The first-order valence-electron chi connectivity index (χ1n) is 6.03. The van der Waals surface area contributed by atoms with Crippen LogP contribution in [-0.2, 0) is 0 Å². The number of rotatable bonds is 0. The van der Waals surface area contributed by atoms with Gasteiger partial charge in [-0.2, -0.15) is 4.73 Å². The molecule has 0 spiro atoms. The summed E-state index contributed by atoms with van der Waals surface area (Å²) in [6.45, 7) is 8.00. The number of hydrogen-bond donors (Lipinski definition) is 0. The molecule has 0 bridgehead atoms. The van der Waals surface area contributed by atoms with E-state index in [1.807, 2.05) is 64.1 Å². The molecule has 2 heteroatoms. The molecule has 1 aromatic heterocycles. The Morgan fingerprint density at radius 1 is 0.556 bits per heavy atom. The third kappa shape index (κ3) is 16.6. The molecule has 102 valence electrons. The van der Waals surface area contributed by atoms with Crippen molar-refractivity contribution in [1.29, 1.82) is 0 Å². The van der Waals surface area contributed by atoms with E-state index in [-0.39, 0.29) is 7.43 Å². The lowest BCUT2D eigenvalue weighted by molar-refractivity contribution is -0.605. The highest BCUT2D eigenvalue weighted by atomic mass is 16.5. The molecule has 18 heavy (non-hydrogen) atoms. The minimum absolute atomic E-state index is 0. The Kier molecular flexibility index (Phi) is 24.5. The summed E-state index contributed by atoms with van der Waals surface area (Å²) < 4.78 is 0.750. The number of benzene rings is 1. The number of pyridine rings is 1. The quantitative estimate of drug-likeness (QED) is 0.491. The van der Waals surface area contributed by atoms with Crippen LogP contribution in [0.25, 0.3) is 0 Å². The standard InChI is InChI=1S/C6H6.C5H5NO.2C2H6.CH4/c1-2-4-6-5-3-1;7-6-4-2-1-3-5-6;2*1-2;/h1-6H;1-5H;2*1-2H3;1H4. The zero-order valence-electron chi connectivity index (χ0n) is 11.2. The van der Waals surface area contributed by atoms with E-state index in [0.29, 0.717) is 0 Å². The first kappa shape index (κ1) is 21.5. The van der Waals surface area contributed by atoms with Crippen LogP contribution in [0.4, 0.5) is 0 Å². The lowest BCUT2D eigenvalue weighted by atomic mass is 10.4. The van der Waals surface area contributed by atoms with Gasteiger partial charge in [0.15, 0.2) is 12.4 Å². The molecule has 0 aliphatic heterocycles. The molecule has 2 rings (SSSR count). The normalized spacial score (nSPS) is 6.67. The van der Waals surface area contributed by atoms with E-state index in [9.17, 15) is 5.21 Å². The number of aromatic nitrogens is 1. The molecule has 0 saturated heterocycles. The van der Waals surface area contributed by atoms with Crippen molar-refractivity contribution >= 4 is 0 Å². The molecule has 0 aliphatic rings. The summed E-state index contributed by atoms with van der Waals surface area (Å²) in [7, 11) is 0. The van der Waals surface area contributed by atoms with E-state index >= 15 is 0 Å². The second kappa shape index (κ2) is 20.6. The predicted octanol–water partition coefficient (Wildman–Crippen LogP) is 4.70. The van der Waals surface area contributed by atoms with E-state index in [4.69, 9.17) is 0 Å². The van der Waals surface area contributed by atoms with Gasteiger partial charge in [0, 0.05) is 12.1 Å². The average Bonchev–Trinajstić information content (AvgIpc) is 2.47. The molecular formula is C16H27NO. The lowest BCUT2D eigenvalue weighted by Gasteiger charge is -1.88. The highest BCUT2D eigenvalue weighted by Crippen LogP contribution is 1.79. The van der Waals surface area contributed by atoms with Crippen LogP contribution in [-0.4, -0.2) is 0 Å². The molecular weight excluding hydrogens is 222 g/mol. The first-order chi connectivity index (χ1) is 8.39. The molecule has 0 aliphatic carbocycles. The number of hydrogen-bond acceptors (Lipinski definition) is 1. The maximum atomic E-state index is 10.2. The summed E-state index contributed by atoms with van der Waals surface area (Å²) in [6.07, 6.45) is 2.89. The van der Waals surface area contributed by atoms with Crippen molar-refractivity contribution in [3.63, 3.8) is 0 Å². The third-order valence-electron chi connectivity index (χ3n) is 1.35. The van der Waals surface area contributed by atoms with Crippen molar-refractivity contribution in [2.24, 2.45) is 0 Å². The SMILES string of the molecule is C.CC.CC.[O-][n+]1ccccc1.c1ccccc1. The van der Waals surface area contributed by atoms with Crippen molar-refractivity contribution in [2.75, 3.05) is 0 Å². The van der Waals surface area contributed by atoms with Gasteiger partial charge in [0.05, 0.1) is 0 Å². The van der Waals surface area contributed by atoms with Crippen LogP contribution in [0.3, 0.4) is 0 Å². The Bertz CT molecular complexity index is 282. The van der Waals surface area contributed by atoms with Gasteiger partial charge in [-0.15, -0.1) is 0 Å². The maximum absolute atomic E-state index is 10.2. The Labute approximate surface area is 113 Å². The van der Waals surface area contributed by atoms with Gasteiger partial charge < -0.3 is 5.21 Å². The van der Waals surface area contributed by atoms with Crippen molar-refractivity contribution in [1.82, 2.24) is 0 Å². The molecule has 0 atom stereocenters. The van der Waals surface area contributed by atoms with Crippen LogP contribution in [0.15, 0.2) is 67.0 Å². The minimum Gasteiger partial charge on any atom is -0.619 e. The molecule has 0 fully saturated rings. The largest absolute Gasteiger partial charge is 0.619 e. The fourth-order valence-electron chi connectivity index (χ4n) is 0.768. The fraction of sp³-hybridized carbons (Fsp3) is 0.312. The van der Waals surface area contributed by atoms with Crippen LogP contribution in [0, 0.1) is 5.21 Å². The van der Waals surface area contributed by atoms with Gasteiger partial charge in [-0.05, 0) is 0 Å². The monoisotopic (exact) mass is 249 g/mol. The molecule has 2 nitrogen and oxygen atoms in total. The Hall–Kier alpha value is -1.83. The molecule has 0 unspecified atom stereocenters. The van der Waals surface area contributed by atoms with Crippen LogP contribution in [0.2, 0.25) is 0 Å². The summed E-state index contributed by atoms with van der Waals surface area (Å²) in [5.74, 6) is 0. The highest BCUT2D eigenvalue weighted by molar-refractivity contribution is 4.99. The van der Waals surface area contributed by atoms with Crippen molar-refractivity contribution in [2.45, 2.75) is 35.1 Å². The third-order valence-corrected chi connectivity index (χ3v) is 1.35. The van der Waals surface area contributed by atoms with E-state index in [1.165, 1.54) is 12.4 Å². The molecule has 0 N–H and O–H groups in total. The Morgan fingerprint density at radius 2 is 0.778 bits per heavy atom. The smallest absolute Gasteiger partial charge is 0.180 e. The molecule has 0 amide bonds. The molecule has 0 saturated carbocycles. The molecule has 2 aromatic rings.